The van der Waals surface area contributed by atoms with Crippen LogP contribution in [-0.2, 0) is 28.3 Å². The molecule has 5 heterocycles. The Balaban J connectivity index is 1.63. The van der Waals surface area contributed by atoms with Crippen LogP contribution in [0.25, 0.3) is 22.3 Å². The maximum atomic E-state index is 14.7. The molecule has 36 heavy (non-hydrogen) atoms. The molecule has 3 aliphatic heterocycles. The molecule has 1 aromatic carbocycles. The lowest BCUT2D eigenvalue weighted by molar-refractivity contribution is -0.172. The molecule has 1 fully saturated rings. The Morgan fingerprint density at radius 3 is 2.64 bits per heavy atom. The average molecular weight is 492 g/mol. The molecule has 6 rings (SSSR count). The monoisotopic (exact) mass is 491 g/mol. The number of hydrogen-bond acceptors (Lipinski definition) is 6. The zero-order chi connectivity index (χ0) is 25.4. The number of ether oxygens (including phenoxy) is 1. The van der Waals surface area contributed by atoms with Gasteiger partial charge in [0.1, 0.15) is 12.4 Å². The van der Waals surface area contributed by atoms with Gasteiger partial charge in [-0.2, -0.15) is 0 Å². The van der Waals surface area contributed by atoms with Crippen LogP contribution in [0.3, 0.4) is 0 Å². The number of benzene rings is 1. The molecule has 0 radical (unpaired) electrons. The third-order valence-electron chi connectivity index (χ3n) is 8.37. The quantitative estimate of drug-likeness (QED) is 0.435. The molecule has 1 saturated heterocycles. The molecule has 1 N–H and O–H groups in total. The van der Waals surface area contributed by atoms with Crippen molar-refractivity contribution >= 4 is 16.9 Å². The van der Waals surface area contributed by atoms with Crippen molar-refractivity contribution in [3.8, 4) is 11.4 Å². The number of cyclic esters (lactones) is 1. The van der Waals surface area contributed by atoms with Crippen molar-refractivity contribution in [2.24, 2.45) is 0 Å². The number of carbonyl (C=O) groups is 1. The van der Waals surface area contributed by atoms with Crippen LogP contribution in [-0.4, -0.2) is 38.6 Å². The van der Waals surface area contributed by atoms with Crippen molar-refractivity contribution < 1.29 is 19.0 Å². The number of aliphatic hydroxyl groups is 1. The second kappa shape index (κ2) is 8.21. The van der Waals surface area contributed by atoms with Crippen LogP contribution in [0.15, 0.2) is 23.0 Å². The summed E-state index contributed by atoms with van der Waals surface area (Å²) in [5.41, 5.74) is 2.69. The maximum Gasteiger partial charge on any atom is 0.343 e. The molecule has 3 aromatic rings. The van der Waals surface area contributed by atoms with Gasteiger partial charge in [0.05, 0.1) is 29.0 Å². The van der Waals surface area contributed by atoms with Gasteiger partial charge in [0.2, 0.25) is 0 Å². The van der Waals surface area contributed by atoms with Gasteiger partial charge in [0.15, 0.2) is 5.60 Å². The van der Waals surface area contributed by atoms with Gasteiger partial charge in [-0.15, -0.1) is 0 Å². The van der Waals surface area contributed by atoms with E-state index in [1.165, 1.54) is 12.5 Å². The lowest BCUT2D eigenvalue weighted by Gasteiger charge is -2.34. The minimum Gasteiger partial charge on any atom is -0.458 e. The van der Waals surface area contributed by atoms with Crippen LogP contribution in [0.4, 0.5) is 4.39 Å². The number of hydrogen-bond donors (Lipinski definition) is 1. The first-order valence-electron chi connectivity index (χ1n) is 12.8. The second-order valence-electron chi connectivity index (χ2n) is 10.3. The van der Waals surface area contributed by atoms with Gasteiger partial charge < -0.3 is 14.4 Å². The molecular weight excluding hydrogens is 461 g/mol. The number of rotatable bonds is 3. The van der Waals surface area contributed by atoms with E-state index in [1.54, 1.807) is 24.5 Å². The van der Waals surface area contributed by atoms with Crippen molar-refractivity contribution in [2.45, 2.75) is 71.2 Å². The Morgan fingerprint density at radius 2 is 1.92 bits per heavy atom. The molecule has 8 heteroatoms. The fourth-order valence-electron chi connectivity index (χ4n) is 6.21. The topological polar surface area (TPSA) is 84.7 Å². The maximum absolute atomic E-state index is 14.7. The van der Waals surface area contributed by atoms with Crippen molar-refractivity contribution in [3.05, 3.63) is 62.2 Å². The van der Waals surface area contributed by atoms with Crippen molar-refractivity contribution in [1.29, 1.82) is 0 Å². The van der Waals surface area contributed by atoms with Crippen molar-refractivity contribution in [1.82, 2.24) is 14.5 Å². The summed E-state index contributed by atoms with van der Waals surface area (Å²) in [6.07, 6.45) is 3.58. The van der Waals surface area contributed by atoms with Crippen LogP contribution in [0, 0.1) is 12.7 Å². The first-order valence-corrected chi connectivity index (χ1v) is 12.8. The van der Waals surface area contributed by atoms with E-state index in [4.69, 9.17) is 9.72 Å². The highest BCUT2D eigenvalue weighted by Crippen LogP contribution is 2.43. The number of pyridine rings is 2. The van der Waals surface area contributed by atoms with E-state index in [0.29, 0.717) is 34.6 Å². The van der Waals surface area contributed by atoms with E-state index in [9.17, 15) is 19.1 Å². The number of likely N-dealkylation sites (tertiary alicyclic amines) is 1. The number of halogens is 1. The normalized spacial score (nSPS) is 22.2. The first-order chi connectivity index (χ1) is 17.2. The molecule has 0 bridgehead atoms. The standard InChI is InChI=1S/C28H30FN3O4/c1-4-28(35)20-11-23-25-18(13-32(23)26(33)19(20)14-36-27(28)34)24(16(3)31-8-6-5-7-9-31)17-10-15(2)21(29)12-22(17)30-25/h10-12,16,35H,4-9,13-14H2,1-3H3/t16?,28-/m0/s1. The van der Waals surface area contributed by atoms with Crippen LogP contribution in [0.1, 0.15) is 73.4 Å². The highest BCUT2D eigenvalue weighted by Gasteiger charge is 2.45. The van der Waals surface area contributed by atoms with Crippen molar-refractivity contribution in [3.63, 3.8) is 0 Å². The minimum absolute atomic E-state index is 0.0616. The molecule has 1 unspecified atom stereocenters. The largest absolute Gasteiger partial charge is 0.458 e. The highest BCUT2D eigenvalue weighted by molar-refractivity contribution is 5.90. The summed E-state index contributed by atoms with van der Waals surface area (Å²) in [4.78, 5) is 33.4. The van der Waals surface area contributed by atoms with Crippen LogP contribution < -0.4 is 5.56 Å². The molecule has 2 aromatic heterocycles. The Hall–Kier alpha value is -3.10. The Labute approximate surface area is 208 Å². The predicted molar refractivity (Wildman–Crippen MR) is 133 cm³/mol. The number of esters is 1. The molecule has 0 amide bonds. The number of nitrogens with zero attached hydrogens (tertiary/aromatic N) is 3. The number of fused-ring (bicyclic) bond motifs is 5. The second-order valence-corrected chi connectivity index (χ2v) is 10.3. The SMILES string of the molecule is CC[C@@]1(O)C(=O)OCc2c1cc1n(c2=O)Cc2c-1nc1cc(F)c(C)cc1c2C(C)N1CCCCC1. The molecule has 7 nitrogen and oxygen atoms in total. The molecule has 0 aliphatic carbocycles. The summed E-state index contributed by atoms with van der Waals surface area (Å²) < 4.78 is 21.5. The molecule has 188 valence electrons. The molecular formula is C28H30FN3O4. The minimum atomic E-state index is -1.88. The van der Waals surface area contributed by atoms with E-state index in [-0.39, 0.29) is 36.0 Å². The van der Waals surface area contributed by atoms with E-state index in [0.717, 1.165) is 42.4 Å². The van der Waals surface area contributed by atoms with Gasteiger partial charge in [-0.3, -0.25) is 9.69 Å². The number of carbonyl (C=O) groups excluding carboxylic acids is 1. The molecule has 3 aliphatic rings. The summed E-state index contributed by atoms with van der Waals surface area (Å²) in [5, 5.41) is 12.1. The zero-order valence-electron chi connectivity index (χ0n) is 20.9. The van der Waals surface area contributed by atoms with Gasteiger partial charge in [-0.05, 0) is 69.5 Å². The Morgan fingerprint density at radius 1 is 1.17 bits per heavy atom. The summed E-state index contributed by atoms with van der Waals surface area (Å²) in [6, 6.07) is 5.11. The molecule has 0 saturated carbocycles. The summed E-state index contributed by atoms with van der Waals surface area (Å²) in [7, 11) is 0. The number of piperidine rings is 1. The van der Waals surface area contributed by atoms with Crippen molar-refractivity contribution in [2.75, 3.05) is 13.1 Å². The predicted octanol–water partition coefficient (Wildman–Crippen LogP) is 4.07. The van der Waals surface area contributed by atoms with Gasteiger partial charge in [0, 0.05) is 28.6 Å². The van der Waals surface area contributed by atoms with Gasteiger partial charge >= 0.3 is 5.97 Å². The fourth-order valence-corrected chi connectivity index (χ4v) is 6.21. The van der Waals surface area contributed by atoms with E-state index in [1.807, 2.05) is 6.07 Å². The smallest absolute Gasteiger partial charge is 0.343 e. The summed E-state index contributed by atoms with van der Waals surface area (Å²) in [6.45, 7) is 7.77. The lowest BCUT2D eigenvalue weighted by atomic mass is 9.86. The first kappa shape index (κ1) is 23.3. The average Bonchev–Trinajstić information content (AvgIpc) is 3.24. The van der Waals surface area contributed by atoms with Gasteiger partial charge in [-0.25, -0.2) is 14.2 Å². The lowest BCUT2D eigenvalue weighted by Crippen LogP contribution is -2.44. The van der Waals surface area contributed by atoms with Gasteiger partial charge in [-0.1, -0.05) is 13.3 Å². The Bertz CT molecular complexity index is 1490. The highest BCUT2D eigenvalue weighted by atomic mass is 19.1. The van der Waals surface area contributed by atoms with Crippen LogP contribution >= 0.6 is 0 Å². The van der Waals surface area contributed by atoms with E-state index in [2.05, 4.69) is 11.8 Å². The van der Waals surface area contributed by atoms with Gasteiger partial charge in [0.25, 0.3) is 5.56 Å². The third kappa shape index (κ3) is 3.20. The summed E-state index contributed by atoms with van der Waals surface area (Å²) >= 11 is 0. The number of aryl methyl sites for hydroxylation is 1. The third-order valence-corrected chi connectivity index (χ3v) is 8.37. The van der Waals surface area contributed by atoms with E-state index >= 15 is 0 Å². The van der Waals surface area contributed by atoms with E-state index < -0.39 is 11.6 Å². The number of aromatic nitrogens is 2. The zero-order valence-corrected chi connectivity index (χ0v) is 20.9. The summed E-state index contributed by atoms with van der Waals surface area (Å²) in [5.74, 6) is -1.07. The van der Waals surface area contributed by atoms with Crippen LogP contribution in [0.2, 0.25) is 0 Å². The fraction of sp³-hybridized carbons (Fsp3) is 0.464. The Kier molecular flexibility index (Phi) is 5.32. The van der Waals surface area contributed by atoms with Crippen LogP contribution in [0.5, 0.6) is 0 Å². The molecule has 2 atom stereocenters. The molecule has 0 spiro atoms.